The molecule has 18 heavy (non-hydrogen) atoms. The first-order valence-electron chi connectivity index (χ1n) is 6.19. The number of hydrogen-bond donors (Lipinski definition) is 2. The van der Waals surface area contributed by atoms with Gasteiger partial charge in [0.1, 0.15) is 0 Å². The van der Waals surface area contributed by atoms with E-state index in [0.29, 0.717) is 19.5 Å². The molecule has 1 atom stereocenters. The number of rotatable bonds is 8. The van der Waals surface area contributed by atoms with Crippen molar-refractivity contribution in [2.24, 2.45) is 0 Å². The molecule has 2 N–H and O–H groups in total. The van der Waals surface area contributed by atoms with E-state index >= 15 is 0 Å². The van der Waals surface area contributed by atoms with Crippen LogP contribution in [0.15, 0.2) is 30.3 Å². The van der Waals surface area contributed by atoms with E-state index in [1.165, 1.54) is 0 Å². The normalized spacial score (nSPS) is 13.4. The molecule has 0 saturated heterocycles. The van der Waals surface area contributed by atoms with Crippen LogP contribution in [0.1, 0.15) is 25.0 Å². The van der Waals surface area contributed by atoms with Crippen LogP contribution in [0.5, 0.6) is 0 Å². The number of aliphatic hydroxyl groups is 1. The van der Waals surface area contributed by atoms with Gasteiger partial charge in [-0.05, 0) is 12.0 Å². The molecular weight excluding hydrogens is 250 g/mol. The highest BCUT2D eigenvalue weighted by Gasteiger charge is 2.10. The third-order valence-corrected chi connectivity index (χ3v) is 4.48. The molecule has 0 aliphatic carbocycles. The molecule has 0 fully saturated rings. The Balaban J connectivity index is 2.27. The molecule has 0 saturated carbocycles. The molecule has 0 aliphatic heterocycles. The third-order valence-electron chi connectivity index (χ3n) is 2.63. The number of aliphatic hydroxyl groups excluding tert-OH is 1. The number of nitrogens with one attached hydrogen (secondary N) is 1. The van der Waals surface area contributed by atoms with Gasteiger partial charge in [0.15, 0.2) is 9.84 Å². The van der Waals surface area contributed by atoms with E-state index in [4.69, 9.17) is 0 Å². The highest BCUT2D eigenvalue weighted by Crippen LogP contribution is 2.10. The van der Waals surface area contributed by atoms with Gasteiger partial charge in [0.25, 0.3) is 0 Å². The summed E-state index contributed by atoms with van der Waals surface area (Å²) in [5.41, 5.74) is 0.835. The average molecular weight is 271 g/mol. The lowest BCUT2D eigenvalue weighted by atomic mass is 10.1. The van der Waals surface area contributed by atoms with E-state index in [-0.39, 0.29) is 11.5 Å². The maximum atomic E-state index is 11.4. The van der Waals surface area contributed by atoms with Gasteiger partial charge in [0.05, 0.1) is 11.9 Å². The van der Waals surface area contributed by atoms with Gasteiger partial charge in [-0.25, -0.2) is 8.42 Å². The van der Waals surface area contributed by atoms with Gasteiger partial charge >= 0.3 is 0 Å². The summed E-state index contributed by atoms with van der Waals surface area (Å²) in [4.78, 5) is 0. The maximum Gasteiger partial charge on any atom is 0.151 e. The summed E-state index contributed by atoms with van der Waals surface area (Å²) in [6, 6.07) is 9.32. The largest absolute Gasteiger partial charge is 0.387 e. The van der Waals surface area contributed by atoms with Crippen molar-refractivity contribution in [1.82, 2.24) is 5.32 Å². The molecular formula is C13H21NO3S. The van der Waals surface area contributed by atoms with E-state index in [0.717, 1.165) is 5.56 Å². The second kappa shape index (κ2) is 7.51. The third kappa shape index (κ3) is 5.62. The van der Waals surface area contributed by atoms with E-state index in [9.17, 15) is 13.5 Å². The molecule has 1 aromatic rings. The van der Waals surface area contributed by atoms with Crippen LogP contribution in [0.2, 0.25) is 0 Å². The van der Waals surface area contributed by atoms with Crippen LogP contribution in [-0.4, -0.2) is 38.1 Å². The first-order valence-corrected chi connectivity index (χ1v) is 8.01. The van der Waals surface area contributed by atoms with Crippen LogP contribution in [0, 0.1) is 0 Å². The van der Waals surface area contributed by atoms with Gasteiger partial charge in [0.2, 0.25) is 0 Å². The topological polar surface area (TPSA) is 66.4 Å². The SMILES string of the molecule is CCCS(=O)(=O)CCNCC(O)c1ccccc1. The smallest absolute Gasteiger partial charge is 0.151 e. The number of sulfone groups is 1. The van der Waals surface area contributed by atoms with Crippen molar-refractivity contribution in [3.8, 4) is 0 Å². The lowest BCUT2D eigenvalue weighted by Gasteiger charge is -2.12. The van der Waals surface area contributed by atoms with Crippen molar-refractivity contribution in [3.05, 3.63) is 35.9 Å². The highest BCUT2D eigenvalue weighted by atomic mass is 32.2. The standard InChI is InChI=1S/C13H21NO3S/c1-2-9-18(16,17)10-8-14-11-13(15)12-6-4-3-5-7-12/h3-7,13-15H,2,8-11H2,1H3. The monoisotopic (exact) mass is 271 g/mol. The second-order valence-electron chi connectivity index (χ2n) is 4.28. The van der Waals surface area contributed by atoms with Crippen LogP contribution in [0.4, 0.5) is 0 Å². The van der Waals surface area contributed by atoms with E-state index in [1.807, 2.05) is 37.3 Å². The Morgan fingerprint density at radius 2 is 1.89 bits per heavy atom. The summed E-state index contributed by atoms with van der Waals surface area (Å²) >= 11 is 0. The van der Waals surface area contributed by atoms with Crippen molar-refractivity contribution >= 4 is 9.84 Å². The molecule has 1 aromatic carbocycles. The molecule has 0 aliphatic rings. The van der Waals surface area contributed by atoms with Gasteiger partial charge < -0.3 is 10.4 Å². The first kappa shape index (κ1) is 15.1. The Hall–Kier alpha value is -0.910. The zero-order valence-electron chi connectivity index (χ0n) is 10.7. The van der Waals surface area contributed by atoms with Gasteiger partial charge in [-0.3, -0.25) is 0 Å². The molecule has 5 heteroatoms. The van der Waals surface area contributed by atoms with E-state index < -0.39 is 15.9 Å². The predicted molar refractivity (Wildman–Crippen MR) is 73.2 cm³/mol. The highest BCUT2D eigenvalue weighted by molar-refractivity contribution is 7.91. The lowest BCUT2D eigenvalue weighted by Crippen LogP contribution is -2.28. The quantitative estimate of drug-likeness (QED) is 0.696. The summed E-state index contributed by atoms with van der Waals surface area (Å²) in [6.45, 7) is 2.60. The minimum Gasteiger partial charge on any atom is -0.387 e. The molecule has 1 unspecified atom stereocenters. The Kier molecular flexibility index (Phi) is 6.32. The Labute approximate surface area is 109 Å². The molecule has 102 valence electrons. The predicted octanol–water partition coefficient (Wildman–Crippen LogP) is 1.13. The van der Waals surface area contributed by atoms with Crippen LogP contribution in [0.3, 0.4) is 0 Å². The maximum absolute atomic E-state index is 11.4. The number of hydrogen-bond acceptors (Lipinski definition) is 4. The molecule has 4 nitrogen and oxygen atoms in total. The summed E-state index contributed by atoms with van der Waals surface area (Å²) in [5.74, 6) is 0.359. The minimum atomic E-state index is -2.94. The van der Waals surface area contributed by atoms with Gasteiger partial charge in [-0.2, -0.15) is 0 Å². The van der Waals surface area contributed by atoms with Gasteiger partial charge in [-0.15, -0.1) is 0 Å². The molecule has 0 radical (unpaired) electrons. The lowest BCUT2D eigenvalue weighted by molar-refractivity contribution is 0.175. The summed E-state index contributed by atoms with van der Waals surface area (Å²) in [6.07, 6.45) is 0.0506. The van der Waals surface area contributed by atoms with E-state index in [1.54, 1.807) is 0 Å². The molecule has 0 amide bonds. The molecule has 0 heterocycles. The fraction of sp³-hybridized carbons (Fsp3) is 0.538. The fourth-order valence-corrected chi connectivity index (χ4v) is 2.95. The zero-order valence-corrected chi connectivity index (χ0v) is 11.5. The minimum absolute atomic E-state index is 0.127. The van der Waals surface area contributed by atoms with Crippen molar-refractivity contribution in [2.75, 3.05) is 24.6 Å². The summed E-state index contributed by atoms with van der Waals surface area (Å²) in [5, 5.41) is 12.8. The average Bonchev–Trinajstić information content (AvgIpc) is 2.35. The first-order chi connectivity index (χ1) is 8.55. The van der Waals surface area contributed by atoms with Crippen molar-refractivity contribution < 1.29 is 13.5 Å². The van der Waals surface area contributed by atoms with Crippen LogP contribution < -0.4 is 5.32 Å². The van der Waals surface area contributed by atoms with Gasteiger partial charge in [-0.1, -0.05) is 37.3 Å². The Morgan fingerprint density at radius 3 is 2.50 bits per heavy atom. The van der Waals surface area contributed by atoms with Crippen LogP contribution in [-0.2, 0) is 9.84 Å². The van der Waals surface area contributed by atoms with Crippen molar-refractivity contribution in [3.63, 3.8) is 0 Å². The number of benzene rings is 1. The zero-order chi connectivity index (χ0) is 13.4. The van der Waals surface area contributed by atoms with Crippen LogP contribution in [0.25, 0.3) is 0 Å². The molecule has 1 rings (SSSR count). The van der Waals surface area contributed by atoms with E-state index in [2.05, 4.69) is 5.32 Å². The Morgan fingerprint density at radius 1 is 1.22 bits per heavy atom. The molecule has 0 bridgehead atoms. The van der Waals surface area contributed by atoms with Gasteiger partial charge in [0, 0.05) is 18.8 Å². The molecule has 0 aromatic heterocycles. The molecule has 0 spiro atoms. The van der Waals surface area contributed by atoms with Crippen molar-refractivity contribution in [2.45, 2.75) is 19.4 Å². The summed E-state index contributed by atoms with van der Waals surface area (Å²) in [7, 11) is -2.94. The van der Waals surface area contributed by atoms with Crippen molar-refractivity contribution in [1.29, 1.82) is 0 Å². The fourth-order valence-electron chi connectivity index (χ4n) is 1.67. The van der Waals surface area contributed by atoms with Crippen LogP contribution >= 0.6 is 0 Å². The second-order valence-corrected chi connectivity index (χ2v) is 6.59. The Bertz CT molecular complexity index is 431. The summed E-state index contributed by atoms with van der Waals surface area (Å²) < 4.78 is 22.9.